The molecule has 3 rings (SSSR count). The molecular weight excluding hydrogens is 302 g/mol. The zero-order chi connectivity index (χ0) is 16.1. The Balaban J connectivity index is 1.76. The Morgan fingerprint density at radius 1 is 1.41 bits per heavy atom. The van der Waals surface area contributed by atoms with Crippen molar-refractivity contribution in [1.82, 2.24) is 4.90 Å². The normalized spacial score (nSPS) is 25.1. The van der Waals surface area contributed by atoms with E-state index in [1.807, 2.05) is 4.90 Å². The first-order valence-electron chi connectivity index (χ1n) is 7.55. The zero-order valence-electron chi connectivity index (χ0n) is 13.5. The van der Waals surface area contributed by atoms with Gasteiger partial charge < -0.3 is 19.5 Å². The van der Waals surface area contributed by atoms with E-state index in [0.717, 1.165) is 19.4 Å². The third kappa shape index (κ3) is 2.16. The van der Waals surface area contributed by atoms with Crippen molar-refractivity contribution in [1.29, 1.82) is 0 Å². The molecule has 2 fully saturated rings. The summed E-state index contributed by atoms with van der Waals surface area (Å²) in [4.78, 5) is 15.2. The van der Waals surface area contributed by atoms with Gasteiger partial charge in [0.15, 0.2) is 5.79 Å². The number of nitrogens with zero attached hydrogens (tertiary/aromatic N) is 1. The molecule has 6 heteroatoms. The summed E-state index contributed by atoms with van der Waals surface area (Å²) in [6.07, 6.45) is 1.66. The third-order valence-corrected chi connectivity index (χ3v) is 6.03. The van der Waals surface area contributed by atoms with Crippen molar-refractivity contribution in [2.75, 3.05) is 20.8 Å². The smallest absolute Gasteiger partial charge is 0.264 e. The van der Waals surface area contributed by atoms with Crippen molar-refractivity contribution in [2.45, 2.75) is 38.5 Å². The molecule has 0 radical (unpaired) electrons. The predicted octanol–water partition coefficient (Wildman–Crippen LogP) is 2.70. The summed E-state index contributed by atoms with van der Waals surface area (Å²) in [6, 6.07) is 1.74. The number of methoxy groups -OCH3 is 2. The number of hydrogen-bond donors (Lipinski definition) is 1. The van der Waals surface area contributed by atoms with Crippen LogP contribution in [0.15, 0.2) is 11.4 Å². The maximum Gasteiger partial charge on any atom is 0.264 e. The molecule has 5 nitrogen and oxygen atoms in total. The summed E-state index contributed by atoms with van der Waals surface area (Å²) in [5.41, 5.74) is 0.106. The molecule has 1 amide bonds. The van der Waals surface area contributed by atoms with Crippen LogP contribution >= 0.6 is 11.3 Å². The van der Waals surface area contributed by atoms with Gasteiger partial charge in [-0.3, -0.25) is 4.79 Å². The summed E-state index contributed by atoms with van der Waals surface area (Å²) in [7, 11) is 3.35. The lowest BCUT2D eigenvalue weighted by Crippen LogP contribution is -2.76. The van der Waals surface area contributed by atoms with Gasteiger partial charge in [0.05, 0.1) is 4.88 Å². The Hall–Kier alpha value is -1.11. The van der Waals surface area contributed by atoms with E-state index in [1.54, 1.807) is 25.7 Å². The number of carbonyl (C=O) groups excluding carboxylic acids is 1. The summed E-state index contributed by atoms with van der Waals surface area (Å²) in [6.45, 7) is 5.04. The fourth-order valence-corrected chi connectivity index (χ4v) is 5.03. The fourth-order valence-electron chi connectivity index (χ4n) is 4.31. The highest BCUT2D eigenvalue weighted by atomic mass is 32.1. The average Bonchev–Trinajstić information content (AvgIpc) is 2.83. The monoisotopic (exact) mass is 325 g/mol. The number of carbonyl (C=O) groups is 1. The Morgan fingerprint density at radius 2 is 2.05 bits per heavy atom. The van der Waals surface area contributed by atoms with Crippen molar-refractivity contribution < 1.29 is 19.4 Å². The van der Waals surface area contributed by atoms with Gasteiger partial charge in [0, 0.05) is 56.5 Å². The summed E-state index contributed by atoms with van der Waals surface area (Å²) < 4.78 is 11.0. The molecular formula is C16H23NO4S. The Morgan fingerprint density at radius 3 is 2.50 bits per heavy atom. The van der Waals surface area contributed by atoms with Crippen molar-refractivity contribution >= 4 is 17.2 Å². The largest absolute Gasteiger partial charge is 0.507 e. The van der Waals surface area contributed by atoms with Crippen LogP contribution in [0.25, 0.3) is 0 Å². The van der Waals surface area contributed by atoms with Crippen LogP contribution < -0.4 is 0 Å². The van der Waals surface area contributed by atoms with Crippen molar-refractivity contribution in [3.63, 3.8) is 0 Å². The number of aromatic hydroxyl groups is 1. The van der Waals surface area contributed by atoms with E-state index in [9.17, 15) is 9.90 Å². The van der Waals surface area contributed by atoms with Crippen LogP contribution in [0, 0.1) is 11.3 Å². The van der Waals surface area contributed by atoms with Crippen LogP contribution in [-0.2, 0) is 9.47 Å². The second-order valence-corrected chi connectivity index (χ2v) is 7.74. The van der Waals surface area contributed by atoms with Crippen molar-refractivity contribution in [3.05, 3.63) is 16.3 Å². The van der Waals surface area contributed by atoms with Gasteiger partial charge in [-0.25, -0.2) is 0 Å². The number of ether oxygens (including phenoxy) is 2. The van der Waals surface area contributed by atoms with Crippen molar-refractivity contribution in [2.24, 2.45) is 11.3 Å². The number of likely N-dealkylation sites (tertiary alicyclic amines) is 1. The van der Waals surface area contributed by atoms with Gasteiger partial charge in [-0.15, -0.1) is 11.3 Å². The molecule has 1 saturated carbocycles. The molecule has 1 aromatic rings. The summed E-state index contributed by atoms with van der Waals surface area (Å²) in [5, 5.41) is 11.0. The SMILES string of the molecule is COC1(OC)CC2(CN(C(=O)c3cc(O)cs3)C2C(C)C)C1. The molecule has 1 unspecified atom stereocenters. The van der Waals surface area contributed by atoms with Crippen LogP contribution in [-0.4, -0.2) is 48.5 Å². The van der Waals surface area contributed by atoms with Gasteiger partial charge in [0.1, 0.15) is 5.75 Å². The molecule has 1 aliphatic carbocycles. The summed E-state index contributed by atoms with van der Waals surface area (Å²) in [5.74, 6) is 0.0646. The second kappa shape index (κ2) is 5.22. The number of hydrogen-bond acceptors (Lipinski definition) is 5. The highest BCUT2D eigenvalue weighted by Gasteiger charge is 2.67. The fraction of sp³-hybridized carbons (Fsp3) is 0.688. The van der Waals surface area contributed by atoms with Gasteiger partial charge in [-0.2, -0.15) is 0 Å². The summed E-state index contributed by atoms with van der Waals surface area (Å²) >= 11 is 1.29. The molecule has 1 aliphatic heterocycles. The van der Waals surface area contributed by atoms with E-state index in [4.69, 9.17) is 9.47 Å². The minimum absolute atomic E-state index is 0.0157. The molecule has 122 valence electrons. The van der Waals surface area contributed by atoms with Gasteiger partial charge in [0.25, 0.3) is 5.91 Å². The Labute approximate surface area is 134 Å². The molecule has 1 saturated heterocycles. The van der Waals surface area contributed by atoms with Crippen LogP contribution in [0.5, 0.6) is 5.75 Å². The number of rotatable bonds is 4. The average molecular weight is 325 g/mol. The van der Waals surface area contributed by atoms with Gasteiger partial charge in [-0.05, 0) is 5.92 Å². The highest BCUT2D eigenvalue weighted by molar-refractivity contribution is 7.12. The molecule has 0 aromatic carbocycles. The van der Waals surface area contributed by atoms with Gasteiger partial charge in [-0.1, -0.05) is 13.8 Å². The van der Waals surface area contributed by atoms with E-state index in [-0.39, 0.29) is 23.1 Å². The molecule has 0 bridgehead atoms. The first kappa shape index (κ1) is 15.8. The quantitative estimate of drug-likeness (QED) is 0.865. The minimum atomic E-state index is -0.483. The molecule has 1 spiro atoms. The lowest BCUT2D eigenvalue weighted by Gasteiger charge is -2.68. The van der Waals surface area contributed by atoms with Gasteiger partial charge >= 0.3 is 0 Å². The minimum Gasteiger partial charge on any atom is -0.507 e. The van der Waals surface area contributed by atoms with Crippen LogP contribution in [0.2, 0.25) is 0 Å². The maximum absolute atomic E-state index is 12.6. The first-order valence-corrected chi connectivity index (χ1v) is 8.43. The van der Waals surface area contributed by atoms with Gasteiger partial charge in [0.2, 0.25) is 0 Å². The van der Waals surface area contributed by atoms with Crippen molar-refractivity contribution in [3.8, 4) is 5.75 Å². The maximum atomic E-state index is 12.6. The van der Waals surface area contributed by atoms with E-state index >= 15 is 0 Å². The molecule has 1 aromatic heterocycles. The van der Waals surface area contributed by atoms with E-state index in [1.165, 1.54) is 11.3 Å². The van der Waals surface area contributed by atoms with E-state index in [0.29, 0.717) is 10.8 Å². The third-order valence-electron chi connectivity index (χ3n) is 5.12. The molecule has 2 heterocycles. The van der Waals surface area contributed by atoms with Crippen LogP contribution in [0.1, 0.15) is 36.4 Å². The first-order chi connectivity index (χ1) is 10.4. The molecule has 22 heavy (non-hydrogen) atoms. The van der Waals surface area contributed by atoms with E-state index < -0.39 is 5.79 Å². The molecule has 1 atom stereocenters. The number of amides is 1. The second-order valence-electron chi connectivity index (χ2n) is 6.83. The standard InChI is InChI=1S/C16H23NO4S/c1-10(2)13-15(7-16(8-15,20-3)21-4)9-17(13)14(19)12-5-11(18)6-22-12/h5-6,10,13,18H,7-9H2,1-4H3. The van der Waals surface area contributed by atoms with E-state index in [2.05, 4.69) is 13.8 Å². The molecule has 1 N–H and O–H groups in total. The Bertz CT molecular complexity index is 570. The lowest BCUT2D eigenvalue weighted by molar-refractivity contribution is -0.332. The molecule has 2 aliphatic rings. The zero-order valence-corrected chi connectivity index (χ0v) is 14.3. The highest BCUT2D eigenvalue weighted by Crippen LogP contribution is 2.61. The van der Waals surface area contributed by atoms with Crippen LogP contribution in [0.4, 0.5) is 0 Å². The Kier molecular flexibility index (Phi) is 3.74. The van der Waals surface area contributed by atoms with Crippen LogP contribution in [0.3, 0.4) is 0 Å². The predicted molar refractivity (Wildman–Crippen MR) is 84.1 cm³/mol. The number of thiophene rings is 1. The topological polar surface area (TPSA) is 59.0 Å². The lowest BCUT2D eigenvalue weighted by atomic mass is 9.52.